The van der Waals surface area contributed by atoms with Gasteiger partial charge in [-0.15, -0.1) is 10.2 Å². The van der Waals surface area contributed by atoms with Crippen molar-refractivity contribution in [3.63, 3.8) is 0 Å². The lowest BCUT2D eigenvalue weighted by atomic mass is 10.0. The molecule has 5 aromatic rings. The van der Waals surface area contributed by atoms with Crippen LogP contribution < -0.4 is 10.6 Å². The molecule has 4 aromatic carbocycles. The van der Waals surface area contributed by atoms with Crippen molar-refractivity contribution < 1.29 is 14.0 Å². The Labute approximate surface area is 223 Å². The Bertz CT molecular complexity index is 1610. The molecule has 9 heteroatoms. The van der Waals surface area contributed by atoms with Crippen LogP contribution in [0.4, 0.5) is 10.1 Å². The number of hydrogen-bond acceptors (Lipinski definition) is 5. The maximum absolute atomic E-state index is 13.1. The zero-order valence-electron chi connectivity index (χ0n) is 20.5. The lowest BCUT2D eigenvalue weighted by Crippen LogP contribution is -2.25. The zero-order chi connectivity index (χ0) is 26.5. The first-order chi connectivity index (χ1) is 18.5. The summed E-state index contributed by atoms with van der Waals surface area (Å²) >= 11 is 1.22. The van der Waals surface area contributed by atoms with E-state index in [1.807, 2.05) is 72.2 Å². The lowest BCUT2D eigenvalue weighted by molar-refractivity contribution is -0.113. The van der Waals surface area contributed by atoms with Crippen LogP contribution in [-0.2, 0) is 11.3 Å². The van der Waals surface area contributed by atoms with Gasteiger partial charge in [0.15, 0.2) is 11.0 Å². The molecule has 0 saturated carbocycles. The number of carbonyl (C=O) groups excluding carboxylic acids is 2. The van der Waals surface area contributed by atoms with Crippen LogP contribution in [0.2, 0.25) is 0 Å². The molecular formula is C29H24FN5O2S. The summed E-state index contributed by atoms with van der Waals surface area (Å²) in [5, 5.41) is 16.7. The van der Waals surface area contributed by atoms with Crippen molar-refractivity contribution in [1.29, 1.82) is 0 Å². The highest BCUT2D eigenvalue weighted by Gasteiger charge is 2.18. The highest BCUT2D eigenvalue weighted by Crippen LogP contribution is 2.24. The monoisotopic (exact) mass is 525 g/mol. The largest absolute Gasteiger partial charge is 0.345 e. The second-order valence-corrected chi connectivity index (χ2v) is 9.57. The van der Waals surface area contributed by atoms with E-state index in [-0.39, 0.29) is 29.9 Å². The summed E-state index contributed by atoms with van der Waals surface area (Å²) < 4.78 is 15.0. The minimum Gasteiger partial charge on any atom is -0.345 e. The van der Waals surface area contributed by atoms with Crippen LogP contribution in [0.15, 0.2) is 96.2 Å². The number of nitrogens with zero attached hydrogens (tertiary/aromatic N) is 3. The molecule has 190 valence electrons. The number of anilines is 1. The second-order valence-electron chi connectivity index (χ2n) is 8.63. The molecule has 38 heavy (non-hydrogen) atoms. The number of thioether (sulfide) groups is 1. The van der Waals surface area contributed by atoms with Gasteiger partial charge in [0.05, 0.1) is 12.3 Å². The van der Waals surface area contributed by atoms with Crippen LogP contribution in [0, 0.1) is 12.7 Å². The first-order valence-electron chi connectivity index (χ1n) is 11.9. The standard InChI is InChI=1S/C29H24FN5O2S/c1-19-6-4-9-23(16-19)35-26(17-31-28(37)25-11-5-8-20-7-2-3-10-24(20)25)33-34-29(35)38-18-27(36)32-22-14-12-21(30)13-15-22/h2-16H,17-18H2,1H3,(H,31,37)(H,32,36). The Kier molecular flexibility index (Phi) is 7.46. The summed E-state index contributed by atoms with van der Waals surface area (Å²) in [6.07, 6.45) is 0. The molecule has 1 heterocycles. The molecule has 7 nitrogen and oxygen atoms in total. The third-order valence-corrected chi connectivity index (χ3v) is 6.79. The normalized spacial score (nSPS) is 10.9. The minimum atomic E-state index is -0.372. The van der Waals surface area contributed by atoms with E-state index in [0.717, 1.165) is 22.0 Å². The van der Waals surface area contributed by atoms with Crippen LogP contribution in [0.3, 0.4) is 0 Å². The van der Waals surface area contributed by atoms with Gasteiger partial charge in [-0.25, -0.2) is 4.39 Å². The van der Waals surface area contributed by atoms with Crippen LogP contribution in [0.25, 0.3) is 16.5 Å². The summed E-state index contributed by atoms with van der Waals surface area (Å²) in [4.78, 5) is 25.6. The van der Waals surface area contributed by atoms with E-state index in [1.165, 1.54) is 36.0 Å². The van der Waals surface area contributed by atoms with E-state index in [4.69, 9.17) is 0 Å². The van der Waals surface area contributed by atoms with Crippen LogP contribution in [-0.4, -0.2) is 32.3 Å². The number of rotatable bonds is 8. The molecule has 2 N–H and O–H groups in total. The van der Waals surface area contributed by atoms with Crippen LogP contribution in [0.5, 0.6) is 0 Å². The van der Waals surface area contributed by atoms with Crippen LogP contribution in [0.1, 0.15) is 21.7 Å². The highest BCUT2D eigenvalue weighted by atomic mass is 32.2. The molecule has 0 unspecified atom stereocenters. The fourth-order valence-corrected chi connectivity index (χ4v) is 4.84. The molecule has 0 aliphatic heterocycles. The van der Waals surface area contributed by atoms with Crippen molar-refractivity contribution in [2.45, 2.75) is 18.6 Å². The molecule has 0 fully saturated rings. The van der Waals surface area contributed by atoms with Crippen molar-refractivity contribution in [2.75, 3.05) is 11.1 Å². The molecule has 0 bridgehead atoms. The molecule has 0 atom stereocenters. The third-order valence-electron chi connectivity index (χ3n) is 5.86. The van der Waals surface area contributed by atoms with E-state index in [0.29, 0.717) is 22.2 Å². The van der Waals surface area contributed by atoms with E-state index in [1.54, 1.807) is 6.07 Å². The van der Waals surface area contributed by atoms with Gasteiger partial charge in [-0.3, -0.25) is 14.2 Å². The van der Waals surface area contributed by atoms with Gasteiger partial charge >= 0.3 is 0 Å². The second kappa shape index (κ2) is 11.3. The Morgan fingerprint density at radius 2 is 1.68 bits per heavy atom. The topological polar surface area (TPSA) is 88.9 Å². The molecule has 0 aliphatic carbocycles. The Morgan fingerprint density at radius 1 is 0.921 bits per heavy atom. The van der Waals surface area contributed by atoms with Crippen molar-refractivity contribution in [1.82, 2.24) is 20.1 Å². The molecule has 0 aliphatic rings. The average Bonchev–Trinajstić information content (AvgIpc) is 3.34. The number of halogens is 1. The summed E-state index contributed by atoms with van der Waals surface area (Å²) in [5.74, 6) is -0.238. The number of amides is 2. The number of carbonyl (C=O) groups is 2. The first-order valence-corrected chi connectivity index (χ1v) is 12.9. The SMILES string of the molecule is Cc1cccc(-n2c(CNC(=O)c3cccc4ccccc34)nnc2SCC(=O)Nc2ccc(F)cc2)c1. The van der Waals surface area contributed by atoms with Gasteiger partial charge in [0.25, 0.3) is 5.91 Å². The summed E-state index contributed by atoms with van der Waals surface area (Å²) in [7, 11) is 0. The van der Waals surface area contributed by atoms with Crippen LogP contribution >= 0.6 is 11.8 Å². The highest BCUT2D eigenvalue weighted by molar-refractivity contribution is 7.99. The molecule has 2 amide bonds. The minimum absolute atomic E-state index is 0.0731. The van der Waals surface area contributed by atoms with E-state index in [2.05, 4.69) is 20.8 Å². The lowest BCUT2D eigenvalue weighted by Gasteiger charge is -2.12. The number of aryl methyl sites for hydroxylation is 1. The molecule has 0 spiro atoms. The van der Waals surface area contributed by atoms with E-state index < -0.39 is 0 Å². The maximum Gasteiger partial charge on any atom is 0.252 e. The molecule has 0 radical (unpaired) electrons. The van der Waals surface area contributed by atoms with Gasteiger partial charge in [0, 0.05) is 16.9 Å². The number of nitrogens with one attached hydrogen (secondary N) is 2. The molecule has 0 saturated heterocycles. The fourth-order valence-electron chi connectivity index (χ4n) is 4.07. The summed E-state index contributed by atoms with van der Waals surface area (Å²) in [5.41, 5.74) is 2.96. The Morgan fingerprint density at radius 3 is 2.50 bits per heavy atom. The van der Waals surface area contributed by atoms with Crippen molar-refractivity contribution in [3.05, 3.63) is 114 Å². The molecule has 1 aromatic heterocycles. The average molecular weight is 526 g/mol. The van der Waals surface area contributed by atoms with Crippen molar-refractivity contribution in [3.8, 4) is 5.69 Å². The van der Waals surface area contributed by atoms with E-state index >= 15 is 0 Å². The predicted molar refractivity (Wildman–Crippen MR) is 147 cm³/mol. The Hall–Kier alpha value is -4.50. The van der Waals surface area contributed by atoms with Gasteiger partial charge in [0.2, 0.25) is 5.91 Å². The first kappa shape index (κ1) is 25.2. The van der Waals surface area contributed by atoms with Gasteiger partial charge in [-0.2, -0.15) is 0 Å². The Balaban J connectivity index is 1.35. The zero-order valence-corrected chi connectivity index (χ0v) is 21.3. The van der Waals surface area contributed by atoms with Gasteiger partial charge in [-0.05, 0) is 65.7 Å². The molecule has 5 rings (SSSR count). The van der Waals surface area contributed by atoms with E-state index in [9.17, 15) is 14.0 Å². The summed E-state index contributed by atoms with van der Waals surface area (Å²) in [6, 6.07) is 26.8. The van der Waals surface area contributed by atoms with Crippen molar-refractivity contribution in [2.24, 2.45) is 0 Å². The quantitative estimate of drug-likeness (QED) is 0.260. The molecular weight excluding hydrogens is 501 g/mol. The number of fused-ring (bicyclic) bond motifs is 1. The number of aromatic nitrogens is 3. The number of benzene rings is 4. The fraction of sp³-hybridized carbons (Fsp3) is 0.103. The van der Waals surface area contributed by atoms with Gasteiger partial charge in [0.1, 0.15) is 5.82 Å². The third kappa shape index (κ3) is 5.73. The van der Waals surface area contributed by atoms with Gasteiger partial charge in [-0.1, -0.05) is 60.3 Å². The van der Waals surface area contributed by atoms with Crippen molar-refractivity contribution >= 4 is 40.0 Å². The van der Waals surface area contributed by atoms with Gasteiger partial charge < -0.3 is 10.6 Å². The predicted octanol–water partition coefficient (Wildman–Crippen LogP) is 5.53. The number of hydrogen-bond donors (Lipinski definition) is 2. The smallest absolute Gasteiger partial charge is 0.252 e. The maximum atomic E-state index is 13.1. The summed E-state index contributed by atoms with van der Waals surface area (Å²) in [6.45, 7) is 2.13.